The number of para-hydroxylation sites is 1. The van der Waals surface area contributed by atoms with Gasteiger partial charge in [0.25, 0.3) is 0 Å². The number of aromatic nitrogens is 2. The molecular formula is C14H18ClN3O. The molecule has 2 aromatic rings. The SMILES string of the molecule is CC(C1CCOCC1)n1c(N)nc2c(Cl)cccc21. The van der Waals surface area contributed by atoms with Crippen LogP contribution < -0.4 is 5.73 Å². The van der Waals surface area contributed by atoms with Crippen LogP contribution in [0.4, 0.5) is 5.95 Å². The monoisotopic (exact) mass is 279 g/mol. The molecule has 4 nitrogen and oxygen atoms in total. The molecule has 1 unspecified atom stereocenters. The van der Waals surface area contributed by atoms with Crippen molar-refractivity contribution >= 4 is 28.6 Å². The molecule has 1 aromatic carbocycles. The molecule has 102 valence electrons. The Bertz CT molecular complexity index is 590. The normalized spacial score (nSPS) is 18.8. The van der Waals surface area contributed by atoms with Gasteiger partial charge in [-0.2, -0.15) is 0 Å². The number of anilines is 1. The van der Waals surface area contributed by atoms with E-state index in [1.54, 1.807) is 0 Å². The van der Waals surface area contributed by atoms with Gasteiger partial charge in [-0.3, -0.25) is 0 Å². The van der Waals surface area contributed by atoms with Crippen LogP contribution in [-0.2, 0) is 4.74 Å². The number of nitrogens with zero attached hydrogens (tertiary/aromatic N) is 2. The summed E-state index contributed by atoms with van der Waals surface area (Å²) in [7, 11) is 0. The van der Waals surface area contributed by atoms with Gasteiger partial charge in [0.15, 0.2) is 0 Å². The third-order valence-electron chi connectivity index (χ3n) is 4.05. The van der Waals surface area contributed by atoms with E-state index in [0.29, 0.717) is 22.9 Å². The van der Waals surface area contributed by atoms with Gasteiger partial charge in [0.1, 0.15) is 5.52 Å². The fraction of sp³-hybridized carbons (Fsp3) is 0.500. The fourth-order valence-corrected chi connectivity index (χ4v) is 3.15. The van der Waals surface area contributed by atoms with Crippen molar-refractivity contribution in [1.82, 2.24) is 9.55 Å². The molecule has 3 rings (SSSR count). The Balaban J connectivity index is 2.03. The molecule has 0 saturated carbocycles. The number of rotatable bonds is 2. The first-order valence-electron chi connectivity index (χ1n) is 6.68. The number of halogens is 1. The molecule has 1 aromatic heterocycles. The molecule has 1 aliphatic heterocycles. The first-order chi connectivity index (χ1) is 9.18. The van der Waals surface area contributed by atoms with E-state index in [0.717, 1.165) is 37.1 Å². The minimum atomic E-state index is 0.312. The van der Waals surface area contributed by atoms with Gasteiger partial charge in [-0.15, -0.1) is 0 Å². The second kappa shape index (κ2) is 5.02. The Labute approximate surface area is 117 Å². The topological polar surface area (TPSA) is 53.1 Å². The lowest BCUT2D eigenvalue weighted by atomic mass is 9.92. The van der Waals surface area contributed by atoms with Crippen LogP contribution in [0.15, 0.2) is 18.2 Å². The molecule has 0 aliphatic carbocycles. The van der Waals surface area contributed by atoms with Crippen molar-refractivity contribution in [3.05, 3.63) is 23.2 Å². The number of hydrogen-bond donors (Lipinski definition) is 1. The number of nitrogen functional groups attached to an aromatic ring is 1. The van der Waals surface area contributed by atoms with Gasteiger partial charge in [0.2, 0.25) is 5.95 Å². The Morgan fingerprint density at radius 2 is 2.16 bits per heavy atom. The van der Waals surface area contributed by atoms with Gasteiger partial charge in [-0.05, 0) is 37.8 Å². The van der Waals surface area contributed by atoms with Crippen LogP contribution in [0.3, 0.4) is 0 Å². The summed E-state index contributed by atoms with van der Waals surface area (Å²) in [5, 5.41) is 0.655. The van der Waals surface area contributed by atoms with E-state index in [9.17, 15) is 0 Å². The van der Waals surface area contributed by atoms with Crippen molar-refractivity contribution in [2.24, 2.45) is 5.92 Å². The zero-order valence-corrected chi connectivity index (χ0v) is 11.7. The van der Waals surface area contributed by atoms with E-state index in [1.165, 1.54) is 0 Å². The zero-order valence-electron chi connectivity index (χ0n) is 11.0. The first kappa shape index (κ1) is 12.8. The van der Waals surface area contributed by atoms with Crippen LogP contribution in [0.5, 0.6) is 0 Å². The summed E-state index contributed by atoms with van der Waals surface area (Å²) in [5.74, 6) is 1.12. The van der Waals surface area contributed by atoms with Crippen LogP contribution in [-0.4, -0.2) is 22.8 Å². The molecule has 2 heterocycles. The van der Waals surface area contributed by atoms with Crippen molar-refractivity contribution < 1.29 is 4.74 Å². The van der Waals surface area contributed by atoms with Gasteiger partial charge >= 0.3 is 0 Å². The lowest BCUT2D eigenvalue weighted by molar-refractivity contribution is 0.0521. The van der Waals surface area contributed by atoms with E-state index in [4.69, 9.17) is 22.1 Å². The lowest BCUT2D eigenvalue weighted by Crippen LogP contribution is -2.24. The highest BCUT2D eigenvalue weighted by molar-refractivity contribution is 6.35. The van der Waals surface area contributed by atoms with Crippen molar-refractivity contribution in [3.63, 3.8) is 0 Å². The summed E-state index contributed by atoms with van der Waals surface area (Å²) in [6, 6.07) is 6.13. The Morgan fingerprint density at radius 1 is 1.42 bits per heavy atom. The smallest absolute Gasteiger partial charge is 0.201 e. The molecule has 0 bridgehead atoms. The minimum absolute atomic E-state index is 0.312. The van der Waals surface area contributed by atoms with Crippen molar-refractivity contribution in [2.75, 3.05) is 18.9 Å². The maximum Gasteiger partial charge on any atom is 0.201 e. The molecule has 1 saturated heterocycles. The largest absolute Gasteiger partial charge is 0.381 e. The summed E-state index contributed by atoms with van der Waals surface area (Å²) in [6.07, 6.45) is 2.14. The van der Waals surface area contributed by atoms with E-state index in [2.05, 4.69) is 16.5 Å². The summed E-state index contributed by atoms with van der Waals surface area (Å²) >= 11 is 6.18. The number of nitrogens with two attached hydrogens (primary N) is 1. The quantitative estimate of drug-likeness (QED) is 0.918. The van der Waals surface area contributed by atoms with Crippen molar-refractivity contribution in [1.29, 1.82) is 0 Å². The highest BCUT2D eigenvalue weighted by Gasteiger charge is 2.25. The molecule has 0 radical (unpaired) electrons. The van der Waals surface area contributed by atoms with Gasteiger partial charge in [-0.25, -0.2) is 4.98 Å². The number of fused-ring (bicyclic) bond motifs is 1. The zero-order chi connectivity index (χ0) is 13.4. The van der Waals surface area contributed by atoms with Crippen LogP contribution in [0.25, 0.3) is 11.0 Å². The predicted octanol–water partition coefficient (Wildman–Crippen LogP) is 3.26. The first-order valence-corrected chi connectivity index (χ1v) is 7.06. The van der Waals surface area contributed by atoms with Gasteiger partial charge < -0.3 is 15.0 Å². The van der Waals surface area contributed by atoms with E-state index < -0.39 is 0 Å². The second-order valence-electron chi connectivity index (χ2n) is 5.14. The number of benzene rings is 1. The van der Waals surface area contributed by atoms with E-state index >= 15 is 0 Å². The highest BCUT2D eigenvalue weighted by atomic mass is 35.5. The summed E-state index contributed by atoms with van der Waals surface area (Å²) in [6.45, 7) is 3.87. The van der Waals surface area contributed by atoms with Crippen molar-refractivity contribution in [2.45, 2.75) is 25.8 Å². The minimum Gasteiger partial charge on any atom is -0.381 e. The predicted molar refractivity (Wildman–Crippen MR) is 77.4 cm³/mol. The van der Waals surface area contributed by atoms with E-state index in [-0.39, 0.29) is 0 Å². The molecule has 0 spiro atoms. The Hall–Kier alpha value is -1.26. The third-order valence-corrected chi connectivity index (χ3v) is 4.36. The van der Waals surface area contributed by atoms with Crippen molar-refractivity contribution in [3.8, 4) is 0 Å². The molecule has 2 N–H and O–H groups in total. The molecular weight excluding hydrogens is 262 g/mol. The highest BCUT2D eigenvalue weighted by Crippen LogP contribution is 2.34. The van der Waals surface area contributed by atoms with Gasteiger partial charge in [0, 0.05) is 19.3 Å². The maximum absolute atomic E-state index is 6.18. The molecule has 1 atom stereocenters. The van der Waals surface area contributed by atoms with Gasteiger partial charge in [-0.1, -0.05) is 17.7 Å². The number of imidazole rings is 1. The molecule has 19 heavy (non-hydrogen) atoms. The molecule has 1 fully saturated rings. The average Bonchev–Trinajstić information content (AvgIpc) is 2.77. The molecule has 1 aliphatic rings. The molecule has 5 heteroatoms. The maximum atomic E-state index is 6.18. The lowest BCUT2D eigenvalue weighted by Gasteiger charge is -2.29. The van der Waals surface area contributed by atoms with E-state index in [1.807, 2.05) is 18.2 Å². The summed E-state index contributed by atoms with van der Waals surface area (Å²) in [4.78, 5) is 4.41. The Morgan fingerprint density at radius 3 is 2.89 bits per heavy atom. The van der Waals surface area contributed by atoms with Crippen LogP contribution in [0.1, 0.15) is 25.8 Å². The van der Waals surface area contributed by atoms with Gasteiger partial charge in [0.05, 0.1) is 10.5 Å². The molecule has 0 amide bonds. The van der Waals surface area contributed by atoms with Crippen LogP contribution >= 0.6 is 11.6 Å². The standard InChI is InChI=1S/C14H18ClN3O/c1-9(10-5-7-19-8-6-10)18-12-4-2-3-11(15)13(12)17-14(18)16/h2-4,9-10H,5-8H2,1H3,(H2,16,17). The third kappa shape index (κ3) is 2.19. The summed E-state index contributed by atoms with van der Waals surface area (Å²) < 4.78 is 7.54. The summed E-state index contributed by atoms with van der Waals surface area (Å²) in [5.41, 5.74) is 7.90. The average molecular weight is 280 g/mol. The Kier molecular flexibility index (Phi) is 3.37. The number of ether oxygens (including phenoxy) is 1. The van der Waals surface area contributed by atoms with Crippen LogP contribution in [0, 0.1) is 5.92 Å². The number of hydrogen-bond acceptors (Lipinski definition) is 3. The fourth-order valence-electron chi connectivity index (χ4n) is 2.94. The second-order valence-corrected chi connectivity index (χ2v) is 5.55. The van der Waals surface area contributed by atoms with Crippen LogP contribution in [0.2, 0.25) is 5.02 Å².